The lowest BCUT2D eigenvalue weighted by Crippen LogP contribution is -2.10. The molecule has 1 atom stereocenters. The third-order valence-electron chi connectivity index (χ3n) is 7.32. The Morgan fingerprint density at radius 3 is 1.06 bits per heavy atom. The Kier molecular flexibility index (Phi) is 26.6. The molecule has 32 heavy (non-hydrogen) atoms. The summed E-state index contributed by atoms with van der Waals surface area (Å²) in [7, 11) is 0. The second-order valence-corrected chi connectivity index (χ2v) is 10.7. The predicted molar refractivity (Wildman–Crippen MR) is 146 cm³/mol. The summed E-state index contributed by atoms with van der Waals surface area (Å²) in [5.74, 6) is 0.825. The van der Waals surface area contributed by atoms with E-state index < -0.39 is 0 Å². The van der Waals surface area contributed by atoms with Gasteiger partial charge in [-0.15, -0.1) is 0 Å². The fourth-order valence-corrected chi connectivity index (χ4v) is 4.84. The van der Waals surface area contributed by atoms with Crippen molar-refractivity contribution in [1.29, 1.82) is 0 Å². The zero-order valence-electron chi connectivity index (χ0n) is 22.9. The Hall–Kier alpha value is -0.330. The van der Waals surface area contributed by atoms with Crippen LogP contribution in [-0.2, 0) is 4.79 Å². The highest BCUT2D eigenvalue weighted by atomic mass is 16.1. The molecular formula is C31H62O. The van der Waals surface area contributed by atoms with E-state index in [2.05, 4.69) is 20.8 Å². The van der Waals surface area contributed by atoms with Gasteiger partial charge in [0.05, 0.1) is 0 Å². The Bertz CT molecular complexity index is 361. The average molecular weight is 451 g/mol. The molecule has 0 aliphatic heterocycles. The molecule has 1 nitrogen and oxygen atoms in total. The Morgan fingerprint density at radius 1 is 0.438 bits per heavy atom. The molecule has 0 aliphatic carbocycles. The first-order chi connectivity index (χ1) is 15.7. The minimum atomic E-state index is 0.297. The van der Waals surface area contributed by atoms with Crippen LogP contribution in [0.4, 0.5) is 0 Å². The zero-order valence-corrected chi connectivity index (χ0v) is 22.9. The molecule has 0 aromatic carbocycles. The van der Waals surface area contributed by atoms with Crippen LogP contribution in [-0.4, -0.2) is 5.78 Å². The molecule has 0 aromatic heterocycles. The molecule has 0 fully saturated rings. The summed E-state index contributed by atoms with van der Waals surface area (Å²) in [5, 5.41) is 0. The first-order valence-electron chi connectivity index (χ1n) is 15.2. The summed E-state index contributed by atoms with van der Waals surface area (Å²) in [6.45, 7) is 6.74. The number of carbonyl (C=O) groups is 1. The first-order valence-corrected chi connectivity index (χ1v) is 15.2. The lowest BCUT2D eigenvalue weighted by atomic mass is 9.94. The Morgan fingerprint density at radius 2 is 0.719 bits per heavy atom. The lowest BCUT2D eigenvalue weighted by Gasteiger charge is -2.10. The van der Waals surface area contributed by atoms with Gasteiger partial charge in [-0.3, -0.25) is 4.79 Å². The highest BCUT2D eigenvalue weighted by Crippen LogP contribution is 2.17. The molecule has 0 rings (SSSR count). The van der Waals surface area contributed by atoms with Crippen molar-refractivity contribution in [3.8, 4) is 0 Å². The largest absolute Gasteiger partial charge is 0.299 e. The van der Waals surface area contributed by atoms with Crippen LogP contribution in [0.1, 0.15) is 188 Å². The van der Waals surface area contributed by atoms with Gasteiger partial charge >= 0.3 is 0 Å². The van der Waals surface area contributed by atoms with E-state index in [4.69, 9.17) is 0 Å². The molecule has 1 heteroatoms. The van der Waals surface area contributed by atoms with Crippen LogP contribution in [0.25, 0.3) is 0 Å². The van der Waals surface area contributed by atoms with Crippen LogP contribution in [0.15, 0.2) is 0 Å². The number of carbonyl (C=O) groups excluding carboxylic acids is 1. The summed E-state index contributed by atoms with van der Waals surface area (Å²) < 4.78 is 0. The van der Waals surface area contributed by atoms with Gasteiger partial charge in [0.15, 0.2) is 0 Å². The van der Waals surface area contributed by atoms with Crippen molar-refractivity contribution in [2.75, 3.05) is 0 Å². The van der Waals surface area contributed by atoms with Crippen molar-refractivity contribution in [2.24, 2.45) is 5.92 Å². The van der Waals surface area contributed by atoms with Gasteiger partial charge < -0.3 is 0 Å². The molecular weight excluding hydrogens is 388 g/mol. The number of unbranched alkanes of at least 4 members (excludes halogenated alkanes) is 22. The van der Waals surface area contributed by atoms with E-state index in [0.29, 0.717) is 11.7 Å². The van der Waals surface area contributed by atoms with Crippen LogP contribution in [0, 0.1) is 5.92 Å². The second kappa shape index (κ2) is 26.9. The smallest absolute Gasteiger partial charge is 0.135 e. The molecule has 0 heterocycles. The average Bonchev–Trinajstić information content (AvgIpc) is 2.80. The predicted octanol–water partition coefficient (Wildman–Crippen LogP) is 11.4. The van der Waals surface area contributed by atoms with E-state index in [-0.39, 0.29) is 0 Å². The molecule has 0 aromatic rings. The molecule has 0 saturated carbocycles. The van der Waals surface area contributed by atoms with Crippen molar-refractivity contribution in [3.05, 3.63) is 0 Å². The van der Waals surface area contributed by atoms with Crippen LogP contribution >= 0.6 is 0 Å². The highest BCUT2D eigenvalue weighted by Gasteiger charge is 2.11. The molecule has 0 spiro atoms. The van der Waals surface area contributed by atoms with Crippen molar-refractivity contribution < 1.29 is 4.79 Å². The van der Waals surface area contributed by atoms with Gasteiger partial charge in [0.2, 0.25) is 0 Å². The minimum Gasteiger partial charge on any atom is -0.299 e. The van der Waals surface area contributed by atoms with Gasteiger partial charge in [-0.2, -0.15) is 0 Å². The van der Waals surface area contributed by atoms with Gasteiger partial charge in [-0.25, -0.2) is 0 Å². The van der Waals surface area contributed by atoms with E-state index in [0.717, 1.165) is 19.3 Å². The SMILES string of the molecule is CCCCCCCCCCCCCCCC(=O)C(C)CCCCCCCCCCCCC. The van der Waals surface area contributed by atoms with Gasteiger partial charge in [0.1, 0.15) is 5.78 Å². The molecule has 0 radical (unpaired) electrons. The van der Waals surface area contributed by atoms with Crippen molar-refractivity contribution in [3.63, 3.8) is 0 Å². The summed E-state index contributed by atoms with van der Waals surface area (Å²) >= 11 is 0. The zero-order chi connectivity index (χ0) is 23.5. The quantitative estimate of drug-likeness (QED) is 0.114. The van der Waals surface area contributed by atoms with Crippen LogP contribution in [0.2, 0.25) is 0 Å². The second-order valence-electron chi connectivity index (χ2n) is 10.7. The van der Waals surface area contributed by atoms with Crippen LogP contribution < -0.4 is 0 Å². The fraction of sp³-hybridized carbons (Fsp3) is 0.968. The fourth-order valence-electron chi connectivity index (χ4n) is 4.84. The molecule has 0 N–H and O–H groups in total. The van der Waals surface area contributed by atoms with E-state index in [1.54, 1.807) is 0 Å². The van der Waals surface area contributed by atoms with Gasteiger partial charge in [-0.1, -0.05) is 168 Å². The van der Waals surface area contributed by atoms with Gasteiger partial charge in [-0.05, 0) is 12.8 Å². The summed E-state index contributed by atoms with van der Waals surface area (Å²) in [6.07, 6.45) is 35.1. The standard InChI is InChI=1S/C31H62O/c1-4-6-8-10-12-14-16-17-19-21-23-25-27-29-31(32)30(3)28-26-24-22-20-18-15-13-11-9-7-5-2/h30H,4-29H2,1-3H3. The number of rotatable bonds is 27. The van der Waals surface area contributed by atoms with Crippen molar-refractivity contribution in [1.82, 2.24) is 0 Å². The number of hydrogen-bond donors (Lipinski definition) is 0. The summed E-state index contributed by atoms with van der Waals surface area (Å²) in [4.78, 5) is 12.4. The van der Waals surface area contributed by atoms with Gasteiger partial charge in [0, 0.05) is 12.3 Å². The molecule has 1 unspecified atom stereocenters. The molecule has 0 amide bonds. The third kappa shape index (κ3) is 24.3. The third-order valence-corrected chi connectivity index (χ3v) is 7.32. The van der Waals surface area contributed by atoms with Crippen molar-refractivity contribution >= 4 is 5.78 Å². The normalized spacial score (nSPS) is 12.3. The topological polar surface area (TPSA) is 17.1 Å². The first kappa shape index (κ1) is 31.7. The maximum Gasteiger partial charge on any atom is 0.135 e. The molecule has 192 valence electrons. The number of hydrogen-bond acceptors (Lipinski definition) is 1. The van der Waals surface area contributed by atoms with Gasteiger partial charge in [0.25, 0.3) is 0 Å². The maximum atomic E-state index is 12.4. The minimum absolute atomic E-state index is 0.297. The highest BCUT2D eigenvalue weighted by molar-refractivity contribution is 5.80. The van der Waals surface area contributed by atoms with E-state index in [9.17, 15) is 4.79 Å². The van der Waals surface area contributed by atoms with Crippen LogP contribution in [0.5, 0.6) is 0 Å². The monoisotopic (exact) mass is 450 g/mol. The molecule has 0 aliphatic rings. The van der Waals surface area contributed by atoms with Crippen LogP contribution in [0.3, 0.4) is 0 Å². The summed E-state index contributed by atoms with van der Waals surface area (Å²) in [6, 6.07) is 0. The summed E-state index contributed by atoms with van der Waals surface area (Å²) in [5.41, 5.74) is 0. The Balaban J connectivity index is 3.29. The van der Waals surface area contributed by atoms with E-state index in [1.165, 1.54) is 148 Å². The maximum absolute atomic E-state index is 12.4. The number of Topliss-reactive ketones (excluding diaryl/α,β-unsaturated/α-hetero) is 1. The lowest BCUT2D eigenvalue weighted by molar-refractivity contribution is -0.122. The van der Waals surface area contributed by atoms with Crippen molar-refractivity contribution in [2.45, 2.75) is 188 Å². The molecule has 0 bridgehead atoms. The number of ketones is 1. The molecule has 0 saturated heterocycles. The Labute approximate surface area is 204 Å². The van der Waals surface area contributed by atoms with E-state index in [1.807, 2.05) is 0 Å². The van der Waals surface area contributed by atoms with E-state index >= 15 is 0 Å².